The van der Waals surface area contributed by atoms with Gasteiger partial charge < -0.3 is 15.4 Å². The topological polar surface area (TPSA) is 50.4 Å². The summed E-state index contributed by atoms with van der Waals surface area (Å²) >= 11 is 0. The lowest BCUT2D eigenvalue weighted by molar-refractivity contribution is -0.122. The molecule has 1 fully saturated rings. The summed E-state index contributed by atoms with van der Waals surface area (Å²) < 4.78 is 5.13. The Morgan fingerprint density at radius 2 is 2.50 bits per heavy atom. The molecule has 1 aliphatic heterocycles. The molecule has 0 radical (unpaired) electrons. The zero-order chi connectivity index (χ0) is 8.97. The minimum absolute atomic E-state index is 0.0603. The van der Waals surface area contributed by atoms with Crippen molar-refractivity contribution in [2.75, 3.05) is 20.2 Å². The molecule has 0 spiro atoms. The molecule has 2 atom stereocenters. The van der Waals surface area contributed by atoms with Crippen molar-refractivity contribution >= 4 is 5.91 Å². The molecule has 0 saturated carbocycles. The van der Waals surface area contributed by atoms with Crippen molar-refractivity contribution in [3.63, 3.8) is 0 Å². The number of carbonyl (C=O) groups is 1. The van der Waals surface area contributed by atoms with Crippen molar-refractivity contribution in [3.05, 3.63) is 0 Å². The molecule has 1 saturated heterocycles. The summed E-state index contributed by atoms with van der Waals surface area (Å²) in [6, 6.07) is -0.0603. The first kappa shape index (κ1) is 9.48. The Labute approximate surface area is 72.7 Å². The van der Waals surface area contributed by atoms with E-state index in [1.807, 2.05) is 6.92 Å². The second-order valence-corrected chi connectivity index (χ2v) is 2.95. The third-order valence-corrected chi connectivity index (χ3v) is 2.09. The fourth-order valence-corrected chi connectivity index (χ4v) is 1.38. The van der Waals surface area contributed by atoms with Gasteiger partial charge in [0.2, 0.25) is 5.91 Å². The Hall–Kier alpha value is -0.610. The van der Waals surface area contributed by atoms with Crippen LogP contribution < -0.4 is 10.6 Å². The third-order valence-electron chi connectivity index (χ3n) is 2.09. The highest BCUT2D eigenvalue weighted by Gasteiger charge is 2.28. The highest BCUT2D eigenvalue weighted by molar-refractivity contribution is 5.82. The molecule has 0 unspecified atom stereocenters. The van der Waals surface area contributed by atoms with Crippen molar-refractivity contribution in [1.82, 2.24) is 10.6 Å². The normalized spacial score (nSPS) is 28.8. The van der Waals surface area contributed by atoms with Gasteiger partial charge >= 0.3 is 0 Å². The molecule has 0 bridgehead atoms. The molecule has 12 heavy (non-hydrogen) atoms. The van der Waals surface area contributed by atoms with Crippen LogP contribution in [0.4, 0.5) is 0 Å². The maximum Gasteiger partial charge on any atom is 0.237 e. The van der Waals surface area contributed by atoms with Gasteiger partial charge in [-0.3, -0.25) is 4.79 Å². The molecular formula is C8H16N2O2. The predicted molar refractivity (Wildman–Crippen MR) is 45.9 cm³/mol. The van der Waals surface area contributed by atoms with Crippen LogP contribution in [0.2, 0.25) is 0 Å². The summed E-state index contributed by atoms with van der Waals surface area (Å²) in [6.45, 7) is 3.38. The van der Waals surface area contributed by atoms with Crippen LogP contribution in [0.15, 0.2) is 0 Å². The fraction of sp³-hybridized carbons (Fsp3) is 0.875. The average Bonchev–Trinajstić information content (AvgIpc) is 2.52. The molecule has 1 aliphatic rings. The molecule has 4 nitrogen and oxygen atoms in total. The van der Waals surface area contributed by atoms with Crippen LogP contribution >= 0.6 is 0 Å². The number of nitrogens with one attached hydrogen (secondary N) is 2. The van der Waals surface area contributed by atoms with E-state index in [-0.39, 0.29) is 18.1 Å². The minimum Gasteiger partial charge on any atom is -0.380 e. The van der Waals surface area contributed by atoms with Gasteiger partial charge in [0.15, 0.2) is 0 Å². The van der Waals surface area contributed by atoms with E-state index in [2.05, 4.69) is 10.6 Å². The zero-order valence-corrected chi connectivity index (χ0v) is 7.59. The van der Waals surface area contributed by atoms with E-state index in [1.54, 1.807) is 7.11 Å². The number of amides is 1. The number of methoxy groups -OCH3 is 1. The largest absolute Gasteiger partial charge is 0.380 e. The van der Waals surface area contributed by atoms with Crippen molar-refractivity contribution in [2.24, 2.45) is 0 Å². The summed E-state index contributed by atoms with van der Waals surface area (Å²) in [5, 5.41) is 5.88. The molecule has 70 valence electrons. The molecule has 0 aromatic rings. The highest BCUT2D eigenvalue weighted by atomic mass is 16.5. The van der Waals surface area contributed by atoms with E-state index < -0.39 is 0 Å². The van der Waals surface area contributed by atoms with E-state index in [0.717, 1.165) is 13.0 Å². The lowest BCUT2D eigenvalue weighted by atomic mass is 10.2. The second-order valence-electron chi connectivity index (χ2n) is 2.95. The first-order valence-corrected chi connectivity index (χ1v) is 4.31. The number of carbonyl (C=O) groups excluding carboxylic acids is 1. The van der Waals surface area contributed by atoms with Gasteiger partial charge in [0, 0.05) is 20.2 Å². The molecule has 0 aliphatic carbocycles. The van der Waals surface area contributed by atoms with Crippen molar-refractivity contribution < 1.29 is 9.53 Å². The lowest BCUT2D eigenvalue weighted by Crippen LogP contribution is -2.40. The molecule has 1 rings (SSSR count). The van der Waals surface area contributed by atoms with E-state index in [9.17, 15) is 4.79 Å². The van der Waals surface area contributed by atoms with E-state index in [1.165, 1.54) is 0 Å². The van der Waals surface area contributed by atoms with Gasteiger partial charge in [-0.15, -0.1) is 0 Å². The first-order valence-electron chi connectivity index (χ1n) is 4.31. The van der Waals surface area contributed by atoms with Gasteiger partial charge in [-0.2, -0.15) is 0 Å². The van der Waals surface area contributed by atoms with Crippen LogP contribution in [0.3, 0.4) is 0 Å². The smallest absolute Gasteiger partial charge is 0.237 e. The maximum absolute atomic E-state index is 11.3. The number of hydrogen-bond donors (Lipinski definition) is 2. The van der Waals surface area contributed by atoms with Crippen molar-refractivity contribution in [2.45, 2.75) is 25.5 Å². The molecule has 2 N–H and O–H groups in total. The standard InChI is InChI=1S/C8H16N2O2/c1-3-9-8(11)7-4-6(12-2)5-10-7/h6-7,10H,3-5H2,1-2H3,(H,9,11)/t6-,7-/m0/s1. The molecule has 0 aromatic heterocycles. The van der Waals surface area contributed by atoms with Crippen LogP contribution in [0.1, 0.15) is 13.3 Å². The van der Waals surface area contributed by atoms with Crippen LogP contribution in [0.25, 0.3) is 0 Å². The Morgan fingerprint density at radius 1 is 1.75 bits per heavy atom. The average molecular weight is 172 g/mol. The van der Waals surface area contributed by atoms with E-state index >= 15 is 0 Å². The SMILES string of the molecule is CCNC(=O)[C@@H]1C[C@H](OC)CN1. The van der Waals surface area contributed by atoms with Gasteiger partial charge in [-0.1, -0.05) is 0 Å². The number of likely N-dealkylation sites (N-methyl/N-ethyl adjacent to an activating group) is 1. The van der Waals surface area contributed by atoms with Crippen LogP contribution in [0, 0.1) is 0 Å². The number of rotatable bonds is 3. The van der Waals surface area contributed by atoms with Crippen molar-refractivity contribution in [1.29, 1.82) is 0 Å². The number of hydrogen-bond acceptors (Lipinski definition) is 3. The quantitative estimate of drug-likeness (QED) is 0.603. The number of ether oxygens (including phenoxy) is 1. The van der Waals surface area contributed by atoms with Gasteiger partial charge in [0.25, 0.3) is 0 Å². The van der Waals surface area contributed by atoms with Crippen LogP contribution in [-0.4, -0.2) is 38.3 Å². The Morgan fingerprint density at radius 3 is 3.00 bits per heavy atom. The molecule has 0 aromatic carbocycles. The summed E-state index contributed by atoms with van der Waals surface area (Å²) in [6.07, 6.45) is 0.972. The maximum atomic E-state index is 11.3. The van der Waals surface area contributed by atoms with Crippen LogP contribution in [-0.2, 0) is 9.53 Å². The Bertz CT molecular complexity index is 161. The Kier molecular flexibility index (Phi) is 3.49. The highest BCUT2D eigenvalue weighted by Crippen LogP contribution is 2.08. The third kappa shape index (κ3) is 2.19. The monoisotopic (exact) mass is 172 g/mol. The van der Waals surface area contributed by atoms with E-state index in [0.29, 0.717) is 6.54 Å². The van der Waals surface area contributed by atoms with Gasteiger partial charge in [0.05, 0.1) is 12.1 Å². The Balaban J connectivity index is 2.31. The van der Waals surface area contributed by atoms with Crippen LogP contribution in [0.5, 0.6) is 0 Å². The molecular weight excluding hydrogens is 156 g/mol. The van der Waals surface area contributed by atoms with E-state index in [4.69, 9.17) is 4.74 Å². The summed E-state index contributed by atoms with van der Waals surface area (Å²) in [4.78, 5) is 11.3. The summed E-state index contributed by atoms with van der Waals surface area (Å²) in [5.74, 6) is 0.0806. The minimum atomic E-state index is -0.0603. The zero-order valence-electron chi connectivity index (χ0n) is 7.59. The molecule has 1 heterocycles. The summed E-state index contributed by atoms with van der Waals surface area (Å²) in [7, 11) is 1.67. The fourth-order valence-electron chi connectivity index (χ4n) is 1.38. The molecule has 4 heteroatoms. The second kappa shape index (κ2) is 4.42. The molecule has 1 amide bonds. The first-order chi connectivity index (χ1) is 5.77. The van der Waals surface area contributed by atoms with Gasteiger partial charge in [-0.05, 0) is 13.3 Å². The van der Waals surface area contributed by atoms with Crippen molar-refractivity contribution in [3.8, 4) is 0 Å². The van der Waals surface area contributed by atoms with Gasteiger partial charge in [-0.25, -0.2) is 0 Å². The van der Waals surface area contributed by atoms with Gasteiger partial charge in [0.1, 0.15) is 0 Å². The summed E-state index contributed by atoms with van der Waals surface area (Å²) in [5.41, 5.74) is 0. The lowest BCUT2D eigenvalue weighted by Gasteiger charge is -2.09. The predicted octanol–water partition coefficient (Wildman–Crippen LogP) is -0.501.